The molecule has 0 amide bonds. The van der Waals surface area contributed by atoms with Crippen LogP contribution in [0.15, 0.2) is 6.33 Å². The maximum absolute atomic E-state index is 11.2. The Bertz CT molecular complexity index is 400. The molecule has 16 heavy (non-hydrogen) atoms. The van der Waals surface area contributed by atoms with Crippen LogP contribution in [0.25, 0.3) is 0 Å². The Kier molecular flexibility index (Phi) is 3.03. The van der Waals surface area contributed by atoms with E-state index in [0.29, 0.717) is 5.69 Å². The number of carboxylic acids is 1. The molecule has 86 valence electrons. The maximum Gasteiger partial charge on any atom is 0.343 e. The molecular weight excluding hydrogens is 208 g/mol. The first-order valence-corrected chi connectivity index (χ1v) is 5.36. The summed E-state index contributed by atoms with van der Waals surface area (Å²) in [6, 6.07) is 0. The molecule has 0 bridgehead atoms. The number of nitrogens with zero attached hydrogens (tertiary/aromatic N) is 2. The molecule has 0 unspecified atom stereocenters. The van der Waals surface area contributed by atoms with Gasteiger partial charge in [-0.1, -0.05) is 12.8 Å². The normalized spacial score (nSPS) is 16.3. The van der Waals surface area contributed by atoms with Crippen molar-refractivity contribution in [2.45, 2.75) is 31.6 Å². The van der Waals surface area contributed by atoms with Gasteiger partial charge >= 0.3 is 5.97 Å². The number of carbonyl (C=O) groups is 1. The van der Waals surface area contributed by atoms with Crippen LogP contribution in [-0.2, 0) is 0 Å². The second-order valence-electron chi connectivity index (χ2n) is 3.93. The Morgan fingerprint density at radius 3 is 2.69 bits per heavy atom. The minimum Gasteiger partial charge on any atom is -0.480 e. The van der Waals surface area contributed by atoms with E-state index in [0.717, 1.165) is 25.7 Å². The van der Waals surface area contributed by atoms with Gasteiger partial charge in [-0.2, -0.15) is 0 Å². The van der Waals surface area contributed by atoms with Crippen molar-refractivity contribution < 1.29 is 14.6 Å². The summed E-state index contributed by atoms with van der Waals surface area (Å²) < 4.78 is 4.97. The molecule has 1 N–H and O–H groups in total. The van der Waals surface area contributed by atoms with Crippen LogP contribution in [0.2, 0.25) is 0 Å². The lowest BCUT2D eigenvalue weighted by molar-refractivity contribution is 0.0689. The number of rotatable bonds is 3. The predicted molar refractivity (Wildman–Crippen MR) is 56.8 cm³/mol. The zero-order valence-electron chi connectivity index (χ0n) is 9.14. The van der Waals surface area contributed by atoms with Crippen molar-refractivity contribution in [1.29, 1.82) is 0 Å². The Labute approximate surface area is 93.5 Å². The molecule has 1 aliphatic rings. The molecule has 1 aromatic heterocycles. The first-order valence-electron chi connectivity index (χ1n) is 5.36. The van der Waals surface area contributed by atoms with Crippen molar-refractivity contribution in [3.8, 4) is 5.88 Å². The molecule has 0 radical (unpaired) electrons. The maximum atomic E-state index is 11.2. The third kappa shape index (κ3) is 1.85. The Morgan fingerprint density at radius 2 is 2.12 bits per heavy atom. The Balaban J connectivity index is 2.46. The second-order valence-corrected chi connectivity index (χ2v) is 3.93. The summed E-state index contributed by atoms with van der Waals surface area (Å²) in [6.45, 7) is 0. The minimum atomic E-state index is -1.01. The van der Waals surface area contributed by atoms with Crippen molar-refractivity contribution in [3.63, 3.8) is 0 Å². The summed E-state index contributed by atoms with van der Waals surface area (Å²) >= 11 is 0. The Hall–Kier alpha value is -1.65. The highest BCUT2D eigenvalue weighted by molar-refractivity contribution is 5.91. The lowest BCUT2D eigenvalue weighted by Crippen LogP contribution is -2.11. The van der Waals surface area contributed by atoms with Crippen LogP contribution in [0.4, 0.5) is 0 Å². The molecule has 1 aliphatic carbocycles. The first-order chi connectivity index (χ1) is 7.74. The van der Waals surface area contributed by atoms with Crippen molar-refractivity contribution >= 4 is 5.97 Å². The molecule has 1 aromatic rings. The van der Waals surface area contributed by atoms with E-state index < -0.39 is 5.97 Å². The second kappa shape index (κ2) is 4.47. The first kappa shape index (κ1) is 10.9. The number of ether oxygens (including phenoxy) is 1. The summed E-state index contributed by atoms with van der Waals surface area (Å²) in [5, 5.41) is 9.18. The number of carboxylic acid groups (broad SMARTS) is 1. The SMILES string of the molecule is COc1ncnc(C2CCCC2)c1C(=O)O. The van der Waals surface area contributed by atoms with Crippen molar-refractivity contribution in [2.24, 2.45) is 0 Å². The molecule has 1 fully saturated rings. The van der Waals surface area contributed by atoms with Gasteiger partial charge in [0.1, 0.15) is 11.9 Å². The van der Waals surface area contributed by atoms with Crippen LogP contribution in [0.1, 0.15) is 47.7 Å². The molecular formula is C11H14N2O3. The topological polar surface area (TPSA) is 72.3 Å². The van der Waals surface area contributed by atoms with Gasteiger partial charge in [0.05, 0.1) is 12.8 Å². The van der Waals surface area contributed by atoms with Gasteiger partial charge in [-0.15, -0.1) is 0 Å². The lowest BCUT2D eigenvalue weighted by Gasteiger charge is -2.12. The average Bonchev–Trinajstić information content (AvgIpc) is 2.81. The highest BCUT2D eigenvalue weighted by Gasteiger charge is 2.27. The summed E-state index contributed by atoms with van der Waals surface area (Å²) in [5.41, 5.74) is 0.744. The van der Waals surface area contributed by atoms with Gasteiger partial charge in [0.25, 0.3) is 0 Å². The third-order valence-corrected chi connectivity index (χ3v) is 2.99. The van der Waals surface area contributed by atoms with Gasteiger partial charge in [-0.05, 0) is 12.8 Å². The summed E-state index contributed by atoms with van der Waals surface area (Å²) in [4.78, 5) is 19.2. The summed E-state index contributed by atoms with van der Waals surface area (Å²) in [7, 11) is 1.42. The minimum absolute atomic E-state index is 0.122. The predicted octanol–water partition coefficient (Wildman–Crippen LogP) is 1.84. The monoisotopic (exact) mass is 222 g/mol. The van der Waals surface area contributed by atoms with Gasteiger partial charge < -0.3 is 9.84 Å². The molecule has 0 aromatic carbocycles. The molecule has 1 heterocycles. The molecule has 0 atom stereocenters. The number of aromatic carboxylic acids is 1. The van der Waals surface area contributed by atoms with Crippen LogP contribution < -0.4 is 4.74 Å². The Morgan fingerprint density at radius 1 is 1.44 bits per heavy atom. The molecule has 5 nitrogen and oxygen atoms in total. The zero-order valence-corrected chi connectivity index (χ0v) is 9.14. The van der Waals surface area contributed by atoms with Crippen molar-refractivity contribution in [2.75, 3.05) is 7.11 Å². The molecule has 0 spiro atoms. The van der Waals surface area contributed by atoms with E-state index in [4.69, 9.17) is 4.74 Å². The zero-order chi connectivity index (χ0) is 11.5. The smallest absolute Gasteiger partial charge is 0.343 e. The van der Waals surface area contributed by atoms with Crippen LogP contribution in [0, 0.1) is 0 Å². The van der Waals surface area contributed by atoms with Crippen molar-refractivity contribution in [3.05, 3.63) is 17.6 Å². The number of hydrogen-bond donors (Lipinski definition) is 1. The van der Waals surface area contributed by atoms with E-state index >= 15 is 0 Å². The largest absolute Gasteiger partial charge is 0.480 e. The molecule has 5 heteroatoms. The van der Waals surface area contributed by atoms with E-state index in [1.807, 2.05) is 0 Å². The highest BCUT2D eigenvalue weighted by Crippen LogP contribution is 2.36. The van der Waals surface area contributed by atoms with Crippen molar-refractivity contribution in [1.82, 2.24) is 9.97 Å². The number of methoxy groups -OCH3 is 1. The van der Waals surface area contributed by atoms with Gasteiger partial charge in [0.2, 0.25) is 5.88 Å². The van der Waals surface area contributed by atoms with Gasteiger partial charge in [-0.3, -0.25) is 0 Å². The van der Waals surface area contributed by atoms with Gasteiger partial charge in [-0.25, -0.2) is 14.8 Å². The standard InChI is InChI=1S/C11H14N2O3/c1-16-10-8(11(14)15)9(12-6-13-10)7-4-2-3-5-7/h6-7H,2-5H2,1H3,(H,14,15). The highest BCUT2D eigenvalue weighted by atomic mass is 16.5. The van der Waals surface area contributed by atoms with E-state index in [-0.39, 0.29) is 17.4 Å². The van der Waals surface area contributed by atoms with Gasteiger partial charge in [0.15, 0.2) is 0 Å². The fourth-order valence-electron chi connectivity index (χ4n) is 2.25. The van der Waals surface area contributed by atoms with Crippen LogP contribution in [0.3, 0.4) is 0 Å². The average molecular weight is 222 g/mol. The molecule has 1 saturated carbocycles. The van der Waals surface area contributed by atoms with Crippen LogP contribution in [-0.4, -0.2) is 28.2 Å². The van der Waals surface area contributed by atoms with E-state index in [1.54, 1.807) is 0 Å². The van der Waals surface area contributed by atoms with Crippen LogP contribution >= 0.6 is 0 Å². The third-order valence-electron chi connectivity index (χ3n) is 2.99. The quantitative estimate of drug-likeness (QED) is 0.844. The van der Waals surface area contributed by atoms with E-state index in [1.165, 1.54) is 13.4 Å². The van der Waals surface area contributed by atoms with E-state index in [9.17, 15) is 9.90 Å². The lowest BCUT2D eigenvalue weighted by atomic mass is 9.99. The van der Waals surface area contributed by atoms with E-state index in [2.05, 4.69) is 9.97 Å². The summed E-state index contributed by atoms with van der Waals surface area (Å²) in [6.07, 6.45) is 5.64. The molecule has 2 rings (SSSR count). The van der Waals surface area contributed by atoms with Crippen LogP contribution in [0.5, 0.6) is 5.88 Å². The van der Waals surface area contributed by atoms with Gasteiger partial charge in [0, 0.05) is 5.92 Å². The molecule has 0 saturated heterocycles. The fraction of sp³-hybridized carbons (Fsp3) is 0.545. The number of hydrogen-bond acceptors (Lipinski definition) is 4. The molecule has 0 aliphatic heterocycles. The summed E-state index contributed by atoms with van der Waals surface area (Å²) in [5.74, 6) is -0.619. The number of aromatic nitrogens is 2. The fourth-order valence-corrected chi connectivity index (χ4v) is 2.25.